The van der Waals surface area contributed by atoms with E-state index in [1.54, 1.807) is 18.2 Å². The molecule has 0 heterocycles. The van der Waals surface area contributed by atoms with Gasteiger partial charge in [-0.05, 0) is 28.1 Å². The number of methoxy groups -OCH3 is 1. The fourth-order valence-corrected chi connectivity index (χ4v) is 1.26. The van der Waals surface area contributed by atoms with E-state index in [1.165, 1.54) is 13.2 Å². The zero-order valence-corrected chi connectivity index (χ0v) is 7.59. The number of hydrogen-bond acceptors (Lipinski definition) is 2. The highest BCUT2D eigenvalue weighted by molar-refractivity contribution is 9.10. The molecule has 1 rings (SSSR count). The molecule has 0 saturated heterocycles. The van der Waals surface area contributed by atoms with Gasteiger partial charge in [-0.25, -0.2) is 0 Å². The molecule has 2 nitrogen and oxygen atoms in total. The molecule has 0 fully saturated rings. The van der Waals surface area contributed by atoms with Crippen molar-refractivity contribution in [3.8, 4) is 5.75 Å². The highest BCUT2D eigenvalue weighted by Gasteiger charge is 1.99. The van der Waals surface area contributed by atoms with Crippen LogP contribution in [0.2, 0.25) is 0 Å². The predicted molar refractivity (Wildman–Crippen MR) is 47.0 cm³/mol. The largest absolute Gasteiger partial charge is 0.492 e. The van der Waals surface area contributed by atoms with Crippen LogP contribution in [-0.2, 0) is 0 Å². The second kappa shape index (κ2) is 3.53. The average molecular weight is 215 g/mol. The third-order valence-corrected chi connectivity index (χ3v) is 1.87. The lowest BCUT2D eigenvalue weighted by atomic mass is 10.5. The SMILES string of the molecule is COc1c(Br)ccccc1=O. The van der Waals surface area contributed by atoms with Crippen LogP contribution < -0.4 is 10.2 Å². The van der Waals surface area contributed by atoms with Gasteiger partial charge in [0, 0.05) is 0 Å². The first-order valence-electron chi connectivity index (χ1n) is 3.08. The molecule has 0 aliphatic heterocycles. The van der Waals surface area contributed by atoms with Crippen molar-refractivity contribution in [3.05, 3.63) is 39.0 Å². The van der Waals surface area contributed by atoms with Gasteiger partial charge in [0.15, 0.2) is 5.75 Å². The lowest BCUT2D eigenvalue weighted by Crippen LogP contribution is -2.00. The Morgan fingerprint density at radius 3 is 2.64 bits per heavy atom. The van der Waals surface area contributed by atoms with Crippen molar-refractivity contribution >= 4 is 15.9 Å². The zero-order valence-electron chi connectivity index (χ0n) is 6.00. The molecule has 0 amide bonds. The molecule has 11 heavy (non-hydrogen) atoms. The molecule has 58 valence electrons. The number of halogens is 1. The number of rotatable bonds is 1. The smallest absolute Gasteiger partial charge is 0.221 e. The molecule has 3 heteroatoms. The second-order valence-electron chi connectivity index (χ2n) is 1.96. The topological polar surface area (TPSA) is 26.3 Å². The van der Waals surface area contributed by atoms with Gasteiger partial charge in [-0.3, -0.25) is 4.79 Å². The van der Waals surface area contributed by atoms with Crippen LogP contribution in [0.3, 0.4) is 0 Å². The van der Waals surface area contributed by atoms with Crippen LogP contribution in [0.4, 0.5) is 0 Å². The maximum atomic E-state index is 11.1. The first-order valence-corrected chi connectivity index (χ1v) is 3.88. The molecule has 0 radical (unpaired) electrons. The van der Waals surface area contributed by atoms with E-state index >= 15 is 0 Å². The third kappa shape index (κ3) is 1.80. The molecule has 0 saturated carbocycles. The molecular formula is C8H7BrO2. The first kappa shape index (κ1) is 8.27. The van der Waals surface area contributed by atoms with Crippen molar-refractivity contribution in [1.29, 1.82) is 0 Å². The van der Waals surface area contributed by atoms with Gasteiger partial charge >= 0.3 is 0 Å². The van der Waals surface area contributed by atoms with Crippen LogP contribution in [0.15, 0.2) is 33.5 Å². The number of hydrogen-bond donors (Lipinski definition) is 0. The minimum atomic E-state index is -0.121. The first-order chi connectivity index (χ1) is 5.25. The Morgan fingerprint density at radius 1 is 1.36 bits per heavy atom. The fourth-order valence-electron chi connectivity index (χ4n) is 0.750. The van der Waals surface area contributed by atoms with Gasteiger partial charge in [-0.2, -0.15) is 0 Å². The molecule has 0 aliphatic carbocycles. The maximum Gasteiger partial charge on any atom is 0.221 e. The molecule has 0 aliphatic rings. The van der Waals surface area contributed by atoms with Gasteiger partial charge in [0.05, 0.1) is 11.6 Å². The summed E-state index contributed by atoms with van der Waals surface area (Å²) in [5, 5.41) is 0. The molecular weight excluding hydrogens is 208 g/mol. The van der Waals surface area contributed by atoms with Gasteiger partial charge in [0.1, 0.15) is 0 Å². The third-order valence-electron chi connectivity index (χ3n) is 1.25. The van der Waals surface area contributed by atoms with Crippen molar-refractivity contribution in [3.63, 3.8) is 0 Å². The van der Waals surface area contributed by atoms with Crippen LogP contribution in [0, 0.1) is 0 Å². The van der Waals surface area contributed by atoms with Crippen molar-refractivity contribution in [2.45, 2.75) is 0 Å². The highest BCUT2D eigenvalue weighted by Crippen LogP contribution is 2.17. The summed E-state index contributed by atoms with van der Waals surface area (Å²) >= 11 is 3.21. The normalized spacial score (nSPS) is 9.27. The lowest BCUT2D eigenvalue weighted by molar-refractivity contribution is 0.409. The van der Waals surface area contributed by atoms with E-state index in [0.29, 0.717) is 10.2 Å². The van der Waals surface area contributed by atoms with E-state index in [1.807, 2.05) is 0 Å². The Labute approximate surface area is 72.9 Å². The second-order valence-corrected chi connectivity index (χ2v) is 2.82. The minimum absolute atomic E-state index is 0.121. The molecule has 0 N–H and O–H groups in total. The van der Waals surface area contributed by atoms with Gasteiger partial charge in [-0.1, -0.05) is 12.1 Å². The minimum Gasteiger partial charge on any atom is -0.492 e. The van der Waals surface area contributed by atoms with E-state index in [9.17, 15) is 4.79 Å². The van der Waals surface area contributed by atoms with E-state index in [2.05, 4.69) is 15.9 Å². The Balaban J connectivity index is 3.44. The fraction of sp³-hybridized carbons (Fsp3) is 0.125. The standard InChI is InChI=1S/C8H7BrO2/c1-11-8-6(9)4-2-3-5-7(8)10/h2-5H,1H3. The van der Waals surface area contributed by atoms with E-state index < -0.39 is 0 Å². The van der Waals surface area contributed by atoms with Crippen molar-refractivity contribution < 1.29 is 4.74 Å². The summed E-state index contributed by atoms with van der Waals surface area (Å²) in [4.78, 5) is 11.1. The van der Waals surface area contributed by atoms with E-state index in [-0.39, 0.29) is 5.43 Å². The van der Waals surface area contributed by atoms with Crippen molar-refractivity contribution in [1.82, 2.24) is 0 Å². The average Bonchev–Trinajstić information content (AvgIpc) is 2.12. The summed E-state index contributed by atoms with van der Waals surface area (Å²) in [6, 6.07) is 6.67. The van der Waals surface area contributed by atoms with Gasteiger partial charge < -0.3 is 4.74 Å². The van der Waals surface area contributed by atoms with Crippen molar-refractivity contribution in [2.75, 3.05) is 7.11 Å². The Morgan fingerprint density at radius 2 is 2.00 bits per heavy atom. The van der Waals surface area contributed by atoms with Crippen LogP contribution >= 0.6 is 15.9 Å². The molecule has 1 aromatic carbocycles. The quantitative estimate of drug-likeness (QED) is 0.714. The van der Waals surface area contributed by atoms with Crippen LogP contribution in [-0.4, -0.2) is 7.11 Å². The van der Waals surface area contributed by atoms with Gasteiger partial charge in [-0.15, -0.1) is 0 Å². The van der Waals surface area contributed by atoms with Crippen LogP contribution in [0.1, 0.15) is 0 Å². The Kier molecular flexibility index (Phi) is 2.65. The Hall–Kier alpha value is -0.830. The maximum absolute atomic E-state index is 11.1. The summed E-state index contributed by atoms with van der Waals surface area (Å²) in [7, 11) is 1.47. The van der Waals surface area contributed by atoms with E-state index in [0.717, 1.165) is 0 Å². The summed E-state index contributed by atoms with van der Waals surface area (Å²) < 4.78 is 5.55. The lowest BCUT2D eigenvalue weighted by Gasteiger charge is -1.94. The van der Waals surface area contributed by atoms with Crippen molar-refractivity contribution in [2.24, 2.45) is 0 Å². The number of ether oxygens (including phenoxy) is 1. The van der Waals surface area contributed by atoms with Gasteiger partial charge in [0.2, 0.25) is 5.43 Å². The van der Waals surface area contributed by atoms with Crippen LogP contribution in [0.5, 0.6) is 5.75 Å². The molecule has 0 bridgehead atoms. The summed E-state index contributed by atoms with van der Waals surface area (Å²) in [5.41, 5.74) is -0.121. The molecule has 0 spiro atoms. The molecule has 0 atom stereocenters. The Bertz CT molecular complexity index is 309. The monoisotopic (exact) mass is 214 g/mol. The van der Waals surface area contributed by atoms with Gasteiger partial charge in [0.25, 0.3) is 0 Å². The molecule has 0 unspecified atom stereocenters. The molecule has 0 aromatic heterocycles. The summed E-state index contributed by atoms with van der Waals surface area (Å²) in [5.74, 6) is 0.343. The summed E-state index contributed by atoms with van der Waals surface area (Å²) in [6.07, 6.45) is 0. The summed E-state index contributed by atoms with van der Waals surface area (Å²) in [6.45, 7) is 0. The highest BCUT2D eigenvalue weighted by atomic mass is 79.9. The van der Waals surface area contributed by atoms with E-state index in [4.69, 9.17) is 4.74 Å². The van der Waals surface area contributed by atoms with Crippen LogP contribution in [0.25, 0.3) is 0 Å². The zero-order chi connectivity index (χ0) is 8.27. The molecule has 1 aromatic rings. The predicted octanol–water partition coefficient (Wildman–Crippen LogP) is 1.82.